The Labute approximate surface area is 120 Å². The van der Waals surface area contributed by atoms with E-state index in [4.69, 9.17) is 11.6 Å². The molecule has 0 saturated carbocycles. The molecule has 0 radical (unpaired) electrons. The molecule has 0 unspecified atom stereocenters. The second-order valence-electron chi connectivity index (χ2n) is 5.81. The molecule has 1 saturated heterocycles. The molecule has 19 heavy (non-hydrogen) atoms. The highest BCUT2D eigenvalue weighted by molar-refractivity contribution is 6.34. The maximum Gasteiger partial charge on any atom is 0.255 e. The van der Waals surface area contributed by atoms with Gasteiger partial charge < -0.3 is 4.90 Å². The van der Waals surface area contributed by atoms with Crippen LogP contribution in [0.4, 0.5) is 0 Å². The van der Waals surface area contributed by atoms with Crippen LogP contribution in [-0.2, 0) is 0 Å². The Morgan fingerprint density at radius 1 is 1.32 bits per heavy atom. The highest BCUT2D eigenvalue weighted by atomic mass is 35.5. The van der Waals surface area contributed by atoms with Crippen LogP contribution in [0.15, 0.2) is 18.2 Å². The Hall–Kier alpha value is -1.02. The molecule has 0 N–H and O–H groups in total. The average molecular weight is 280 g/mol. The predicted octanol–water partition coefficient (Wildman–Crippen LogP) is 4.16. The summed E-state index contributed by atoms with van der Waals surface area (Å²) in [6.07, 6.45) is 2.21. The quantitative estimate of drug-likeness (QED) is 0.796. The first-order chi connectivity index (χ1) is 9.00. The number of halogens is 1. The number of rotatable bonds is 2. The first-order valence-corrected chi connectivity index (χ1v) is 7.43. The van der Waals surface area contributed by atoms with Gasteiger partial charge in [-0.25, -0.2) is 0 Å². The molecule has 0 aliphatic carbocycles. The van der Waals surface area contributed by atoms with Gasteiger partial charge in [0.25, 0.3) is 5.91 Å². The molecule has 1 aromatic carbocycles. The number of nitrogens with zero attached hydrogens (tertiary/aromatic N) is 1. The van der Waals surface area contributed by atoms with Gasteiger partial charge in [-0.05, 0) is 43.2 Å². The van der Waals surface area contributed by atoms with Crippen molar-refractivity contribution in [1.29, 1.82) is 0 Å². The summed E-state index contributed by atoms with van der Waals surface area (Å²) < 4.78 is 0. The van der Waals surface area contributed by atoms with Crippen molar-refractivity contribution in [1.82, 2.24) is 4.90 Å². The van der Waals surface area contributed by atoms with Gasteiger partial charge in [-0.2, -0.15) is 0 Å². The molecule has 1 amide bonds. The smallest absolute Gasteiger partial charge is 0.255 e. The molecule has 1 aromatic rings. The van der Waals surface area contributed by atoms with Crippen molar-refractivity contribution < 1.29 is 4.79 Å². The van der Waals surface area contributed by atoms with E-state index in [9.17, 15) is 4.79 Å². The van der Waals surface area contributed by atoms with E-state index in [1.54, 1.807) is 0 Å². The van der Waals surface area contributed by atoms with Crippen LogP contribution in [0.25, 0.3) is 0 Å². The van der Waals surface area contributed by atoms with E-state index in [1.807, 2.05) is 30.0 Å². The standard InChI is InChI=1S/C16H22ClNO/c1-11(2)13-7-9-18(10-8-13)16(19)14-6-4-5-12(3)15(14)17/h4-6,11,13H,7-10H2,1-3H3. The molecule has 0 bridgehead atoms. The maximum atomic E-state index is 12.5. The van der Waals surface area contributed by atoms with Crippen molar-refractivity contribution >= 4 is 17.5 Å². The SMILES string of the molecule is Cc1cccc(C(=O)N2CCC(C(C)C)CC2)c1Cl. The summed E-state index contributed by atoms with van der Waals surface area (Å²) in [5.74, 6) is 1.53. The lowest BCUT2D eigenvalue weighted by Gasteiger charge is -2.34. The molecule has 3 heteroatoms. The van der Waals surface area contributed by atoms with Gasteiger partial charge in [-0.1, -0.05) is 37.6 Å². The molecule has 0 spiro atoms. The van der Waals surface area contributed by atoms with Crippen LogP contribution >= 0.6 is 11.6 Å². The second-order valence-corrected chi connectivity index (χ2v) is 6.19. The van der Waals surface area contributed by atoms with Crippen LogP contribution in [-0.4, -0.2) is 23.9 Å². The third kappa shape index (κ3) is 3.11. The molecule has 1 fully saturated rings. The number of piperidine rings is 1. The van der Waals surface area contributed by atoms with Gasteiger partial charge in [0.1, 0.15) is 0 Å². The first-order valence-electron chi connectivity index (χ1n) is 7.05. The summed E-state index contributed by atoms with van der Waals surface area (Å²) in [6.45, 7) is 8.17. The van der Waals surface area contributed by atoms with Gasteiger partial charge in [0, 0.05) is 13.1 Å². The van der Waals surface area contributed by atoms with Crippen LogP contribution in [0, 0.1) is 18.8 Å². The molecule has 104 valence electrons. The Morgan fingerprint density at radius 3 is 2.53 bits per heavy atom. The normalized spacial score (nSPS) is 17.0. The van der Waals surface area contributed by atoms with Crippen LogP contribution in [0.2, 0.25) is 5.02 Å². The molecule has 0 aromatic heterocycles. The molecular weight excluding hydrogens is 258 g/mol. The van der Waals surface area contributed by atoms with E-state index < -0.39 is 0 Å². The molecule has 0 atom stereocenters. The molecule has 2 rings (SSSR count). The minimum atomic E-state index is 0.0795. The number of amides is 1. The van der Waals surface area contributed by atoms with E-state index in [1.165, 1.54) is 0 Å². The Bertz CT molecular complexity index is 462. The summed E-state index contributed by atoms with van der Waals surface area (Å²) in [5, 5.41) is 0.596. The van der Waals surface area contributed by atoms with E-state index >= 15 is 0 Å². The zero-order valence-corrected chi connectivity index (χ0v) is 12.7. The first kappa shape index (κ1) is 14.4. The van der Waals surface area contributed by atoms with Crippen molar-refractivity contribution in [2.75, 3.05) is 13.1 Å². The fourth-order valence-electron chi connectivity index (χ4n) is 2.75. The largest absolute Gasteiger partial charge is 0.339 e. The van der Waals surface area contributed by atoms with Crippen LogP contribution in [0.1, 0.15) is 42.6 Å². The summed E-state index contributed by atoms with van der Waals surface area (Å²) in [4.78, 5) is 14.4. The number of hydrogen-bond donors (Lipinski definition) is 0. The highest BCUT2D eigenvalue weighted by Crippen LogP contribution is 2.27. The number of carbonyl (C=O) groups is 1. The molecular formula is C16H22ClNO. The van der Waals surface area contributed by atoms with Crippen molar-refractivity contribution in [2.24, 2.45) is 11.8 Å². The number of carbonyl (C=O) groups excluding carboxylic acids is 1. The maximum absolute atomic E-state index is 12.5. The molecule has 2 nitrogen and oxygen atoms in total. The van der Waals surface area contributed by atoms with E-state index in [0.29, 0.717) is 16.5 Å². The van der Waals surface area contributed by atoms with Crippen molar-refractivity contribution in [2.45, 2.75) is 33.6 Å². The zero-order chi connectivity index (χ0) is 14.0. The van der Waals surface area contributed by atoms with Gasteiger partial charge in [0.2, 0.25) is 0 Å². The highest BCUT2D eigenvalue weighted by Gasteiger charge is 2.26. The predicted molar refractivity (Wildman–Crippen MR) is 79.7 cm³/mol. The van der Waals surface area contributed by atoms with Crippen molar-refractivity contribution in [3.63, 3.8) is 0 Å². The Kier molecular flexibility index (Phi) is 4.51. The fourth-order valence-corrected chi connectivity index (χ4v) is 2.96. The topological polar surface area (TPSA) is 20.3 Å². The summed E-state index contributed by atoms with van der Waals surface area (Å²) in [7, 11) is 0. The van der Waals surface area contributed by atoms with E-state index in [0.717, 1.165) is 37.4 Å². The van der Waals surface area contributed by atoms with Crippen molar-refractivity contribution in [3.05, 3.63) is 34.3 Å². The number of hydrogen-bond acceptors (Lipinski definition) is 1. The number of aryl methyl sites for hydroxylation is 1. The average Bonchev–Trinajstić information content (AvgIpc) is 2.41. The van der Waals surface area contributed by atoms with Crippen LogP contribution in [0.3, 0.4) is 0 Å². The monoisotopic (exact) mass is 279 g/mol. The van der Waals surface area contributed by atoms with Crippen molar-refractivity contribution in [3.8, 4) is 0 Å². The third-order valence-electron chi connectivity index (χ3n) is 4.19. The number of benzene rings is 1. The summed E-state index contributed by atoms with van der Waals surface area (Å²) in [6, 6.07) is 5.66. The van der Waals surface area contributed by atoms with Gasteiger partial charge in [0.15, 0.2) is 0 Å². The minimum absolute atomic E-state index is 0.0795. The fraction of sp³-hybridized carbons (Fsp3) is 0.562. The lowest BCUT2D eigenvalue weighted by molar-refractivity contribution is 0.0668. The van der Waals surface area contributed by atoms with Gasteiger partial charge in [-0.15, -0.1) is 0 Å². The molecule has 1 aliphatic heterocycles. The van der Waals surface area contributed by atoms with E-state index in [-0.39, 0.29) is 5.91 Å². The summed E-state index contributed by atoms with van der Waals surface area (Å²) >= 11 is 6.24. The lowest BCUT2D eigenvalue weighted by atomic mass is 9.86. The van der Waals surface area contributed by atoms with E-state index in [2.05, 4.69) is 13.8 Å². The molecule has 1 heterocycles. The molecule has 1 aliphatic rings. The summed E-state index contributed by atoms with van der Waals surface area (Å²) in [5.41, 5.74) is 1.61. The van der Waals surface area contributed by atoms with Crippen LogP contribution in [0.5, 0.6) is 0 Å². The second kappa shape index (κ2) is 5.96. The van der Waals surface area contributed by atoms with Gasteiger partial charge in [-0.3, -0.25) is 4.79 Å². The Morgan fingerprint density at radius 2 is 1.95 bits per heavy atom. The van der Waals surface area contributed by atoms with Gasteiger partial charge in [0.05, 0.1) is 10.6 Å². The minimum Gasteiger partial charge on any atom is -0.339 e. The zero-order valence-electron chi connectivity index (χ0n) is 11.9. The lowest BCUT2D eigenvalue weighted by Crippen LogP contribution is -2.39. The Balaban J connectivity index is 2.07. The third-order valence-corrected chi connectivity index (χ3v) is 4.69. The van der Waals surface area contributed by atoms with Gasteiger partial charge >= 0.3 is 0 Å². The number of likely N-dealkylation sites (tertiary alicyclic amines) is 1. The van der Waals surface area contributed by atoms with Crippen LogP contribution < -0.4 is 0 Å².